The molecule has 1 amide bonds. The van der Waals surface area contributed by atoms with Gasteiger partial charge >= 0.3 is 0 Å². The summed E-state index contributed by atoms with van der Waals surface area (Å²) in [7, 11) is 0. The van der Waals surface area contributed by atoms with Gasteiger partial charge in [-0.05, 0) is 29.8 Å². The highest BCUT2D eigenvalue weighted by atomic mass is 19.1. The number of amides is 1. The van der Waals surface area contributed by atoms with E-state index in [1.807, 2.05) is 0 Å². The van der Waals surface area contributed by atoms with Gasteiger partial charge in [0.15, 0.2) is 5.82 Å². The maximum atomic E-state index is 13.6. The summed E-state index contributed by atoms with van der Waals surface area (Å²) in [6.45, 7) is 0.192. The maximum absolute atomic E-state index is 13.6. The van der Waals surface area contributed by atoms with Crippen LogP contribution < -0.4 is 11.1 Å². The summed E-state index contributed by atoms with van der Waals surface area (Å²) in [6, 6.07) is 5.05. The van der Waals surface area contributed by atoms with Gasteiger partial charge in [0, 0.05) is 18.9 Å². The van der Waals surface area contributed by atoms with Crippen LogP contribution in [0.4, 0.5) is 14.5 Å². The highest BCUT2D eigenvalue weighted by Crippen LogP contribution is 2.17. The fraction of sp³-hybridized carbons (Fsp3) is 0.0769. The Hall–Kier alpha value is -2.50. The number of nitrogens with one attached hydrogen (secondary N) is 1. The number of nitrogen functional groups attached to an aromatic ring is 1. The summed E-state index contributed by atoms with van der Waals surface area (Å²) in [5.74, 6) is -2.40. The monoisotopic (exact) mass is 263 g/mol. The Balaban J connectivity index is 2.13. The second kappa shape index (κ2) is 5.43. The van der Waals surface area contributed by atoms with Crippen molar-refractivity contribution in [2.75, 3.05) is 5.73 Å². The molecule has 0 spiro atoms. The van der Waals surface area contributed by atoms with Gasteiger partial charge < -0.3 is 11.1 Å². The first-order valence-corrected chi connectivity index (χ1v) is 5.49. The molecule has 1 aromatic heterocycles. The number of carbonyl (C=O) groups is 1. The Labute approximate surface area is 108 Å². The number of hydrogen-bond acceptors (Lipinski definition) is 3. The lowest BCUT2D eigenvalue weighted by atomic mass is 10.1. The topological polar surface area (TPSA) is 68.0 Å². The molecule has 0 saturated heterocycles. The lowest BCUT2D eigenvalue weighted by Gasteiger charge is -2.07. The van der Waals surface area contributed by atoms with Crippen molar-refractivity contribution in [1.29, 1.82) is 0 Å². The van der Waals surface area contributed by atoms with Crippen molar-refractivity contribution < 1.29 is 13.6 Å². The number of nitrogens with zero attached hydrogens (tertiary/aromatic N) is 1. The predicted octanol–water partition coefficient (Wildman–Crippen LogP) is 1.87. The molecule has 2 rings (SSSR count). The molecule has 0 radical (unpaired) electrons. The number of anilines is 1. The van der Waals surface area contributed by atoms with E-state index in [4.69, 9.17) is 5.73 Å². The van der Waals surface area contributed by atoms with Crippen LogP contribution in [0.5, 0.6) is 0 Å². The zero-order chi connectivity index (χ0) is 13.8. The minimum Gasteiger partial charge on any atom is -0.396 e. The van der Waals surface area contributed by atoms with Crippen molar-refractivity contribution in [1.82, 2.24) is 10.3 Å². The SMILES string of the molecule is Nc1cc(F)cc(C(=O)NCc2ccncc2)c1F. The van der Waals surface area contributed by atoms with Gasteiger partial charge in [0.2, 0.25) is 0 Å². The fourth-order valence-electron chi connectivity index (χ4n) is 1.55. The number of nitrogens with two attached hydrogens (primary N) is 1. The molecule has 1 aromatic carbocycles. The molecular formula is C13H11F2N3O. The predicted molar refractivity (Wildman–Crippen MR) is 66.2 cm³/mol. The molecular weight excluding hydrogens is 252 g/mol. The number of rotatable bonds is 3. The van der Waals surface area contributed by atoms with Crippen molar-refractivity contribution in [3.63, 3.8) is 0 Å². The molecule has 0 unspecified atom stereocenters. The summed E-state index contributed by atoms with van der Waals surface area (Å²) in [6.07, 6.45) is 3.14. The van der Waals surface area contributed by atoms with Gasteiger partial charge in [0.1, 0.15) is 5.82 Å². The molecule has 0 saturated carbocycles. The number of benzene rings is 1. The molecule has 2 aromatic rings. The second-order valence-electron chi connectivity index (χ2n) is 3.89. The zero-order valence-electron chi connectivity index (χ0n) is 9.86. The van der Waals surface area contributed by atoms with Crippen molar-refractivity contribution in [2.24, 2.45) is 0 Å². The lowest BCUT2D eigenvalue weighted by Crippen LogP contribution is -2.24. The summed E-state index contributed by atoms with van der Waals surface area (Å²) >= 11 is 0. The van der Waals surface area contributed by atoms with Crippen molar-refractivity contribution >= 4 is 11.6 Å². The molecule has 98 valence electrons. The summed E-state index contributed by atoms with van der Waals surface area (Å²) in [4.78, 5) is 15.6. The summed E-state index contributed by atoms with van der Waals surface area (Å²) in [5, 5.41) is 2.48. The quantitative estimate of drug-likeness (QED) is 0.831. The van der Waals surface area contributed by atoms with Crippen LogP contribution in [-0.4, -0.2) is 10.9 Å². The summed E-state index contributed by atoms with van der Waals surface area (Å²) < 4.78 is 26.7. The third kappa shape index (κ3) is 3.04. The number of pyridine rings is 1. The molecule has 1 heterocycles. The Bertz CT molecular complexity index is 602. The highest BCUT2D eigenvalue weighted by molar-refractivity contribution is 5.95. The molecule has 3 N–H and O–H groups in total. The van der Waals surface area contributed by atoms with Crippen LogP contribution in [0.2, 0.25) is 0 Å². The lowest BCUT2D eigenvalue weighted by molar-refractivity contribution is 0.0946. The normalized spacial score (nSPS) is 10.2. The maximum Gasteiger partial charge on any atom is 0.254 e. The zero-order valence-corrected chi connectivity index (χ0v) is 9.86. The van der Waals surface area contributed by atoms with Gasteiger partial charge in [-0.15, -0.1) is 0 Å². The number of carbonyl (C=O) groups excluding carboxylic acids is 1. The van der Waals surface area contributed by atoms with Crippen LogP contribution in [0.3, 0.4) is 0 Å². The van der Waals surface area contributed by atoms with E-state index < -0.39 is 28.8 Å². The van der Waals surface area contributed by atoms with Gasteiger partial charge in [0.05, 0.1) is 11.3 Å². The van der Waals surface area contributed by atoms with Crippen LogP contribution in [-0.2, 0) is 6.54 Å². The van der Waals surface area contributed by atoms with Crippen LogP contribution in [0, 0.1) is 11.6 Å². The molecule has 0 aliphatic heterocycles. The molecule has 0 atom stereocenters. The third-order valence-corrected chi connectivity index (χ3v) is 2.51. The molecule has 6 heteroatoms. The largest absolute Gasteiger partial charge is 0.396 e. The smallest absolute Gasteiger partial charge is 0.254 e. The van der Waals surface area contributed by atoms with Crippen molar-refractivity contribution in [2.45, 2.75) is 6.54 Å². The van der Waals surface area contributed by atoms with E-state index >= 15 is 0 Å². The molecule has 0 fully saturated rings. The Kier molecular flexibility index (Phi) is 3.70. The Morgan fingerprint density at radius 1 is 1.26 bits per heavy atom. The van der Waals surface area contributed by atoms with E-state index in [2.05, 4.69) is 10.3 Å². The van der Waals surface area contributed by atoms with Gasteiger partial charge in [-0.2, -0.15) is 0 Å². The van der Waals surface area contributed by atoms with Gasteiger partial charge in [-0.1, -0.05) is 0 Å². The third-order valence-electron chi connectivity index (χ3n) is 2.51. The standard InChI is InChI=1S/C13H11F2N3O/c14-9-5-10(12(15)11(16)6-9)13(19)18-7-8-1-3-17-4-2-8/h1-6H,7,16H2,(H,18,19). The molecule has 4 nitrogen and oxygen atoms in total. The minimum absolute atomic E-state index is 0.192. The van der Waals surface area contributed by atoms with Crippen LogP contribution in [0.15, 0.2) is 36.7 Å². The van der Waals surface area contributed by atoms with E-state index in [9.17, 15) is 13.6 Å². The minimum atomic E-state index is -0.923. The van der Waals surface area contributed by atoms with Gasteiger partial charge in [0.25, 0.3) is 5.91 Å². The average molecular weight is 263 g/mol. The first-order valence-electron chi connectivity index (χ1n) is 5.49. The van der Waals surface area contributed by atoms with E-state index in [0.717, 1.165) is 17.7 Å². The molecule has 0 aliphatic carbocycles. The Morgan fingerprint density at radius 2 is 1.95 bits per heavy atom. The summed E-state index contributed by atoms with van der Waals surface area (Å²) in [5.41, 5.74) is 5.26. The average Bonchev–Trinajstić information content (AvgIpc) is 2.41. The van der Waals surface area contributed by atoms with Crippen LogP contribution in [0.25, 0.3) is 0 Å². The first kappa shape index (κ1) is 12.9. The second-order valence-corrected chi connectivity index (χ2v) is 3.89. The molecule has 0 bridgehead atoms. The first-order chi connectivity index (χ1) is 9.08. The van der Waals surface area contributed by atoms with E-state index in [1.54, 1.807) is 24.5 Å². The van der Waals surface area contributed by atoms with Crippen molar-refractivity contribution in [3.8, 4) is 0 Å². The van der Waals surface area contributed by atoms with Crippen LogP contribution >= 0.6 is 0 Å². The molecule has 0 aliphatic rings. The highest BCUT2D eigenvalue weighted by Gasteiger charge is 2.15. The fourth-order valence-corrected chi connectivity index (χ4v) is 1.55. The Morgan fingerprint density at radius 3 is 2.63 bits per heavy atom. The number of hydrogen-bond donors (Lipinski definition) is 2. The van der Waals surface area contributed by atoms with Gasteiger partial charge in [-0.25, -0.2) is 8.78 Å². The number of aromatic nitrogens is 1. The van der Waals surface area contributed by atoms with Gasteiger partial charge in [-0.3, -0.25) is 9.78 Å². The van der Waals surface area contributed by atoms with Crippen LogP contribution in [0.1, 0.15) is 15.9 Å². The van der Waals surface area contributed by atoms with E-state index in [0.29, 0.717) is 0 Å². The van der Waals surface area contributed by atoms with E-state index in [1.165, 1.54) is 0 Å². The number of halogens is 2. The van der Waals surface area contributed by atoms with E-state index in [-0.39, 0.29) is 6.54 Å². The van der Waals surface area contributed by atoms with Crippen molar-refractivity contribution in [3.05, 3.63) is 59.4 Å². The molecule has 19 heavy (non-hydrogen) atoms.